The molecule has 16 N–H and O–H groups in total. The molecule has 2 bridgehead atoms. The summed E-state index contributed by atoms with van der Waals surface area (Å²) in [5, 5.41) is 44.9. The van der Waals surface area contributed by atoms with Crippen LogP contribution in [0.5, 0.6) is 0 Å². The number of aliphatic hydroxyl groups is 1. The van der Waals surface area contributed by atoms with E-state index < -0.39 is 90.8 Å². The van der Waals surface area contributed by atoms with E-state index in [0.29, 0.717) is 42.2 Å². The second-order valence-electron chi connectivity index (χ2n) is 22.3. The number of aliphatic imine (C=N–C) groups is 1. The number of hydrogen-bond donors (Lipinski definition) is 13. The standard InChI is InChI=1S/C59H85N17O13S/c1-75-31-37(39-14-5-6-17-47(39)75)29-43-55(83)70-45(33-77)57(85)66-40(52(60)80)15-9-10-22-76-32-38(73-74-76)30-44(56(84)67-41(16-11-20-64-58(61)62)53(81)68-42(54(82)69-43)28-36-12-3-2-4-13-36)65-50(79)34-89-27-26-88-25-24-87-23-21-63-49(78)19-8-7-18-48-51-46(35-90-48)71-59(86)72-51/h2-6,12-14,17,31-32,40-46,48,51,77H,7-11,15-16,18-30,33-35H2,1H3,(H2,60,80)(H,63,78)(H,65,79)(H,66,85)(H,67,84)(H,68,81)(H,69,82)(H,70,83)(H4,61,62,64)(H2,71,72,86)/t40-,41+,42+,43-,44-,45+,46-,48-,51-/m0/s1. The van der Waals surface area contributed by atoms with Crippen molar-refractivity contribution < 1.29 is 62.5 Å². The van der Waals surface area contributed by atoms with Crippen molar-refractivity contribution in [3.63, 3.8) is 0 Å². The Kier molecular flexibility index (Phi) is 27.4. The predicted molar refractivity (Wildman–Crippen MR) is 332 cm³/mol. The number of thioether (sulfide) groups is 1. The van der Waals surface area contributed by atoms with Gasteiger partial charge in [-0.15, -0.1) is 5.10 Å². The maximum absolute atomic E-state index is 14.8. The SMILES string of the molecule is Cn1cc(C[C@@H]2NC(=O)[C@@H](Cc3ccccc3)NC(=O)[C@@H](CCCN=C(N)N)NC(=O)[C@@H](NC(=O)COCCOCCOCCNC(=O)CCCC[C@@H]3SC[C@@H]4NC(=O)N[C@@H]43)Cc3cn(nn3)CCCC[C@@H](C(N)=O)NC(=O)[C@@H](CO)NC2=O)c2ccccc21. The first-order chi connectivity index (χ1) is 43.4. The lowest BCUT2D eigenvalue weighted by Crippen LogP contribution is -2.61. The van der Waals surface area contributed by atoms with Crippen molar-refractivity contribution in [1.82, 2.24) is 67.4 Å². The van der Waals surface area contributed by atoms with Gasteiger partial charge in [-0.25, -0.2) is 4.79 Å². The number of unbranched alkanes of at least 4 members (excludes halogenated alkanes) is 1. The third-order valence-electron chi connectivity index (χ3n) is 15.4. The van der Waals surface area contributed by atoms with Crippen LogP contribution in [0.1, 0.15) is 74.6 Å². The number of primary amides is 1. The summed E-state index contributed by atoms with van der Waals surface area (Å²) in [4.78, 5) is 127. The van der Waals surface area contributed by atoms with Crippen LogP contribution >= 0.6 is 11.8 Å². The molecule has 10 amide bonds. The van der Waals surface area contributed by atoms with Crippen LogP contribution in [0.15, 0.2) is 72.0 Å². The molecule has 3 aliphatic heterocycles. The van der Waals surface area contributed by atoms with Gasteiger partial charge in [-0.2, -0.15) is 11.8 Å². The van der Waals surface area contributed by atoms with Gasteiger partial charge in [0.05, 0.1) is 57.4 Å². The minimum Gasteiger partial charge on any atom is -0.394 e. The van der Waals surface area contributed by atoms with E-state index in [4.69, 9.17) is 31.4 Å². The number of hydrogen-bond acceptors (Lipinski definition) is 17. The number of carbonyl (C=O) groups excluding carboxylic acids is 9. The van der Waals surface area contributed by atoms with E-state index in [-0.39, 0.29) is 120 Å². The summed E-state index contributed by atoms with van der Waals surface area (Å²) in [5.74, 6) is -5.16. The molecule has 30 nitrogen and oxygen atoms in total. The number of rotatable bonds is 27. The average molecular weight is 1270 g/mol. The van der Waals surface area contributed by atoms with Crippen LogP contribution < -0.4 is 65.1 Å². The molecule has 3 aliphatic rings. The Morgan fingerprint density at radius 3 is 2.14 bits per heavy atom. The second-order valence-corrected chi connectivity index (χ2v) is 23.6. The lowest BCUT2D eigenvalue weighted by atomic mass is 10.0. The van der Waals surface area contributed by atoms with E-state index in [1.54, 1.807) is 42.7 Å². The first-order valence-electron chi connectivity index (χ1n) is 30.4. The van der Waals surface area contributed by atoms with Crippen molar-refractivity contribution in [3.05, 3.63) is 83.8 Å². The molecule has 2 fully saturated rings. The van der Waals surface area contributed by atoms with Crippen molar-refractivity contribution in [2.75, 3.05) is 65.1 Å². The van der Waals surface area contributed by atoms with Gasteiger partial charge < -0.3 is 88.9 Å². The van der Waals surface area contributed by atoms with Crippen molar-refractivity contribution >= 4 is 81.9 Å². The van der Waals surface area contributed by atoms with Gasteiger partial charge in [-0.05, 0) is 62.1 Å². The molecule has 0 radical (unpaired) electrons. The zero-order valence-electron chi connectivity index (χ0n) is 50.5. The highest BCUT2D eigenvalue weighted by Gasteiger charge is 2.43. The van der Waals surface area contributed by atoms with Crippen molar-refractivity contribution in [2.45, 2.75) is 137 Å². The van der Waals surface area contributed by atoms with Gasteiger partial charge in [0.2, 0.25) is 47.3 Å². The zero-order chi connectivity index (χ0) is 64.4. The fourth-order valence-electron chi connectivity index (χ4n) is 10.7. The summed E-state index contributed by atoms with van der Waals surface area (Å²) in [6.45, 7) is 0.119. The van der Waals surface area contributed by atoms with E-state index >= 15 is 0 Å². The molecule has 31 heteroatoms. The summed E-state index contributed by atoms with van der Waals surface area (Å²) < 4.78 is 20.1. The van der Waals surface area contributed by atoms with Crippen LogP contribution in [0.2, 0.25) is 0 Å². The highest BCUT2D eigenvalue weighted by atomic mass is 32.2. The number of carbonyl (C=O) groups is 9. The molecule has 4 aromatic rings. The summed E-state index contributed by atoms with van der Waals surface area (Å²) in [6, 6.07) is 7.96. The normalized spacial score (nSPS) is 22.9. The Morgan fingerprint density at radius 2 is 1.40 bits per heavy atom. The number of aryl methyl sites for hydroxylation is 2. The molecule has 90 heavy (non-hydrogen) atoms. The van der Waals surface area contributed by atoms with Crippen LogP contribution in [-0.2, 0) is 85.4 Å². The van der Waals surface area contributed by atoms with E-state index in [1.807, 2.05) is 47.6 Å². The lowest BCUT2D eigenvalue weighted by molar-refractivity contribution is -0.136. The third kappa shape index (κ3) is 22.0. The number of aromatic nitrogens is 4. The molecule has 490 valence electrons. The number of benzene rings is 2. The summed E-state index contributed by atoms with van der Waals surface area (Å²) in [6.07, 6.45) is 6.79. The molecule has 0 aliphatic carbocycles. The second kappa shape index (κ2) is 35.7. The predicted octanol–water partition coefficient (Wildman–Crippen LogP) is -2.69. The minimum atomic E-state index is -1.59. The minimum absolute atomic E-state index is 0.000942. The van der Waals surface area contributed by atoms with Gasteiger partial charge in [-0.1, -0.05) is 60.2 Å². The molecule has 7 rings (SSSR count). The van der Waals surface area contributed by atoms with Crippen LogP contribution in [0.3, 0.4) is 0 Å². The van der Waals surface area contributed by atoms with Gasteiger partial charge in [0.15, 0.2) is 5.96 Å². The number of nitrogens with one attached hydrogen (secondary N) is 9. The number of guanidine groups is 1. The molecule has 0 spiro atoms. The highest BCUT2D eigenvalue weighted by Crippen LogP contribution is 2.33. The zero-order valence-corrected chi connectivity index (χ0v) is 51.3. The summed E-state index contributed by atoms with van der Waals surface area (Å²) in [5.41, 5.74) is 19.3. The van der Waals surface area contributed by atoms with E-state index in [2.05, 4.69) is 63.2 Å². The molecule has 2 saturated heterocycles. The molecular weight excluding hydrogens is 1190 g/mol. The molecule has 5 heterocycles. The largest absolute Gasteiger partial charge is 0.394 e. The van der Waals surface area contributed by atoms with Crippen LogP contribution in [-0.4, -0.2) is 203 Å². The smallest absolute Gasteiger partial charge is 0.315 e. The number of ether oxygens (including phenoxy) is 3. The fourth-order valence-corrected chi connectivity index (χ4v) is 12.3. The number of fused-ring (bicyclic) bond motifs is 4. The topological polar surface area (TPSA) is 436 Å². The molecule has 9 atom stereocenters. The van der Waals surface area contributed by atoms with E-state index in [0.717, 1.165) is 35.9 Å². The Balaban J connectivity index is 1.000. The maximum atomic E-state index is 14.8. The van der Waals surface area contributed by atoms with Crippen LogP contribution in [0.25, 0.3) is 10.9 Å². The van der Waals surface area contributed by atoms with Crippen LogP contribution in [0, 0.1) is 0 Å². The Hall–Kier alpha value is -8.39. The summed E-state index contributed by atoms with van der Waals surface area (Å²) in [7, 11) is 1.82. The fraction of sp³-hybridized carbons (Fsp3) is 0.559. The third-order valence-corrected chi connectivity index (χ3v) is 16.9. The number of para-hydroxylation sites is 1. The Morgan fingerprint density at radius 1 is 0.722 bits per heavy atom. The average Bonchev–Trinajstić information content (AvgIpc) is 1.77. The molecule has 2 aromatic heterocycles. The summed E-state index contributed by atoms with van der Waals surface area (Å²) >= 11 is 1.85. The maximum Gasteiger partial charge on any atom is 0.315 e. The van der Waals surface area contributed by atoms with Crippen molar-refractivity contribution in [3.8, 4) is 0 Å². The monoisotopic (exact) mass is 1270 g/mol. The van der Waals surface area contributed by atoms with Gasteiger partial charge in [0.1, 0.15) is 42.9 Å². The van der Waals surface area contributed by atoms with Gasteiger partial charge in [-0.3, -0.25) is 48.0 Å². The molecule has 0 unspecified atom stereocenters. The highest BCUT2D eigenvalue weighted by molar-refractivity contribution is 8.00. The van der Waals surface area contributed by atoms with Crippen molar-refractivity contribution in [2.24, 2.45) is 29.2 Å². The number of nitrogens with zero attached hydrogens (tertiary/aromatic N) is 5. The van der Waals surface area contributed by atoms with Gasteiger partial charge in [0, 0.05) is 86.7 Å². The quantitative estimate of drug-likeness (QED) is 0.0125. The van der Waals surface area contributed by atoms with Gasteiger partial charge in [0.25, 0.3) is 0 Å². The first-order valence-corrected chi connectivity index (χ1v) is 31.4. The number of urea groups is 1. The number of amides is 10. The lowest BCUT2D eigenvalue weighted by Gasteiger charge is -2.27. The van der Waals surface area contributed by atoms with E-state index in [9.17, 15) is 48.3 Å². The molecular formula is C59H85N17O13S. The molecule has 2 aromatic carbocycles. The number of aliphatic hydroxyl groups excluding tert-OH is 1. The van der Waals surface area contributed by atoms with Gasteiger partial charge >= 0.3 is 6.03 Å². The van der Waals surface area contributed by atoms with Crippen LogP contribution in [0.4, 0.5) is 4.79 Å². The number of nitrogens with two attached hydrogens (primary N) is 3. The van der Waals surface area contributed by atoms with E-state index in [1.165, 1.54) is 4.68 Å². The Bertz CT molecular complexity index is 3090. The molecule has 0 saturated carbocycles. The first kappa shape index (κ1) is 69.1. The van der Waals surface area contributed by atoms with Crippen molar-refractivity contribution in [1.29, 1.82) is 0 Å². The Labute approximate surface area is 525 Å².